The van der Waals surface area contributed by atoms with Crippen LogP contribution >= 0.6 is 0 Å². The van der Waals surface area contributed by atoms with Gasteiger partial charge in [0.2, 0.25) is 12.7 Å². The molecule has 0 aliphatic carbocycles. The third-order valence-electron chi connectivity index (χ3n) is 5.44. The van der Waals surface area contributed by atoms with Crippen molar-refractivity contribution in [3.05, 3.63) is 30.0 Å². The van der Waals surface area contributed by atoms with E-state index in [-0.39, 0.29) is 30.3 Å². The maximum Gasteiger partial charge on any atom is 0.268 e. The number of Topliss-reactive ketones (excluding diaryl/α,β-unsaturated/α-hetero) is 1. The molecule has 0 atom stereocenters. The minimum atomic E-state index is -0.158. The number of ketones is 1. The highest BCUT2D eigenvalue weighted by Crippen LogP contribution is 2.37. The number of ether oxygens (including phenoxy) is 2. The molecule has 152 valence electrons. The van der Waals surface area contributed by atoms with Crippen molar-refractivity contribution in [2.24, 2.45) is 10.9 Å². The zero-order valence-corrected chi connectivity index (χ0v) is 16.3. The van der Waals surface area contributed by atoms with Crippen molar-refractivity contribution in [2.75, 3.05) is 25.2 Å². The summed E-state index contributed by atoms with van der Waals surface area (Å²) in [5.74, 6) is 0.894. The Labute approximate surface area is 168 Å². The van der Waals surface area contributed by atoms with Crippen LogP contribution in [-0.4, -0.2) is 48.1 Å². The Balaban J connectivity index is 1.33. The van der Waals surface area contributed by atoms with Gasteiger partial charge in [0, 0.05) is 43.8 Å². The van der Waals surface area contributed by atoms with Crippen molar-refractivity contribution in [1.29, 1.82) is 0 Å². The molecular weight excluding hydrogens is 374 g/mol. The van der Waals surface area contributed by atoms with Crippen LogP contribution in [0.5, 0.6) is 11.5 Å². The second kappa shape index (κ2) is 8.06. The lowest BCUT2D eigenvalue weighted by molar-refractivity contribution is -0.125. The van der Waals surface area contributed by atoms with Gasteiger partial charge < -0.3 is 19.7 Å². The molecular formula is C21H23N3O5. The summed E-state index contributed by atoms with van der Waals surface area (Å²) in [4.78, 5) is 42.8. The second-order valence-electron chi connectivity index (χ2n) is 7.46. The predicted molar refractivity (Wildman–Crippen MR) is 106 cm³/mol. The molecule has 1 aromatic carbocycles. The van der Waals surface area contributed by atoms with E-state index in [0.717, 1.165) is 12.8 Å². The van der Waals surface area contributed by atoms with E-state index in [4.69, 9.17) is 9.47 Å². The summed E-state index contributed by atoms with van der Waals surface area (Å²) in [5, 5.41) is 2.84. The van der Waals surface area contributed by atoms with E-state index in [1.54, 1.807) is 18.3 Å². The molecule has 1 aromatic rings. The number of fused-ring (bicyclic) bond motifs is 1. The molecule has 4 rings (SSSR count). The molecule has 0 bridgehead atoms. The van der Waals surface area contributed by atoms with Gasteiger partial charge in [-0.3, -0.25) is 19.4 Å². The third kappa shape index (κ3) is 4.16. The fourth-order valence-electron chi connectivity index (χ4n) is 3.83. The highest BCUT2D eigenvalue weighted by atomic mass is 16.7. The Hall–Kier alpha value is -3.16. The van der Waals surface area contributed by atoms with Crippen molar-refractivity contribution in [3.63, 3.8) is 0 Å². The average molecular weight is 397 g/mol. The number of benzene rings is 1. The minimum Gasteiger partial charge on any atom is -0.454 e. The van der Waals surface area contributed by atoms with Crippen molar-refractivity contribution >= 4 is 29.0 Å². The number of rotatable bonds is 5. The largest absolute Gasteiger partial charge is 0.454 e. The van der Waals surface area contributed by atoms with Gasteiger partial charge in [0.1, 0.15) is 5.71 Å². The number of likely N-dealkylation sites (tertiary alicyclic amines) is 1. The number of nitrogens with zero attached hydrogens (tertiary/aromatic N) is 2. The fourth-order valence-corrected chi connectivity index (χ4v) is 3.83. The summed E-state index contributed by atoms with van der Waals surface area (Å²) in [6.07, 6.45) is 6.00. The smallest absolute Gasteiger partial charge is 0.268 e. The van der Waals surface area contributed by atoms with Gasteiger partial charge in [-0.15, -0.1) is 0 Å². The van der Waals surface area contributed by atoms with E-state index in [1.807, 2.05) is 11.0 Å². The Morgan fingerprint density at radius 1 is 1.17 bits per heavy atom. The Bertz CT molecular complexity index is 913. The van der Waals surface area contributed by atoms with Gasteiger partial charge in [-0.25, -0.2) is 0 Å². The van der Waals surface area contributed by atoms with Crippen LogP contribution in [0, 0.1) is 5.92 Å². The van der Waals surface area contributed by atoms with Crippen molar-refractivity contribution in [3.8, 4) is 11.5 Å². The summed E-state index contributed by atoms with van der Waals surface area (Å²) in [6.45, 7) is 2.80. The monoisotopic (exact) mass is 397 g/mol. The normalized spacial score (nSPS) is 18.0. The van der Waals surface area contributed by atoms with Gasteiger partial charge in [0.25, 0.3) is 5.91 Å². The molecule has 8 heteroatoms. The maximum absolute atomic E-state index is 12.6. The topological polar surface area (TPSA) is 97.3 Å². The molecule has 0 spiro atoms. The van der Waals surface area contributed by atoms with Crippen LogP contribution in [0.2, 0.25) is 0 Å². The molecule has 0 aromatic heterocycles. The molecule has 0 saturated carbocycles. The van der Waals surface area contributed by atoms with Gasteiger partial charge in [-0.2, -0.15) is 0 Å². The van der Waals surface area contributed by atoms with E-state index in [1.165, 1.54) is 6.92 Å². The standard InChI is InChI=1S/C21H23N3O5/c1-13(25)15-10-18-19(29-12-28-18)11-17(15)23-20(26)9-14-4-7-24(8-5-14)21(27)16-3-2-6-22-16/h2,6,10-11,14H,3-5,7-9,12H2,1H3,(H,23,26). The van der Waals surface area contributed by atoms with E-state index < -0.39 is 0 Å². The van der Waals surface area contributed by atoms with Crippen LogP contribution in [0.4, 0.5) is 5.69 Å². The molecule has 1 fully saturated rings. The molecule has 1 saturated heterocycles. The van der Waals surface area contributed by atoms with Crippen molar-refractivity contribution < 1.29 is 23.9 Å². The SMILES string of the molecule is CC(=O)c1cc2c(cc1NC(=O)CC1CCN(C(=O)C3=NC=CC3)CC1)OCO2. The van der Waals surface area contributed by atoms with Crippen LogP contribution in [-0.2, 0) is 9.59 Å². The number of aliphatic imine (C=N–C) groups is 1. The van der Waals surface area contributed by atoms with Crippen LogP contribution in [0.3, 0.4) is 0 Å². The molecule has 1 N–H and O–H groups in total. The highest BCUT2D eigenvalue weighted by molar-refractivity contribution is 6.39. The molecule has 29 heavy (non-hydrogen) atoms. The van der Waals surface area contributed by atoms with Gasteiger partial charge in [0.05, 0.1) is 5.69 Å². The predicted octanol–water partition coefficient (Wildman–Crippen LogP) is 2.54. The highest BCUT2D eigenvalue weighted by Gasteiger charge is 2.27. The fraction of sp³-hybridized carbons (Fsp3) is 0.429. The molecule has 2 amide bonds. The number of piperidine rings is 1. The lowest BCUT2D eigenvalue weighted by atomic mass is 9.92. The number of amides is 2. The summed E-state index contributed by atoms with van der Waals surface area (Å²) >= 11 is 0. The first kappa shape index (κ1) is 19.2. The number of hydrogen-bond acceptors (Lipinski definition) is 6. The summed E-state index contributed by atoms with van der Waals surface area (Å²) < 4.78 is 10.7. The number of nitrogens with one attached hydrogen (secondary N) is 1. The van der Waals surface area contributed by atoms with Gasteiger partial charge in [0.15, 0.2) is 17.3 Å². The van der Waals surface area contributed by atoms with E-state index in [9.17, 15) is 14.4 Å². The Morgan fingerprint density at radius 2 is 1.90 bits per heavy atom. The van der Waals surface area contributed by atoms with Gasteiger partial charge >= 0.3 is 0 Å². The first-order valence-electron chi connectivity index (χ1n) is 9.76. The third-order valence-corrected chi connectivity index (χ3v) is 5.44. The molecule has 3 aliphatic heterocycles. The zero-order chi connectivity index (χ0) is 20.4. The van der Waals surface area contributed by atoms with Crippen molar-refractivity contribution in [2.45, 2.75) is 32.6 Å². The molecule has 3 heterocycles. The number of carbonyl (C=O) groups is 3. The van der Waals surface area contributed by atoms with Crippen LogP contribution in [0.25, 0.3) is 0 Å². The molecule has 8 nitrogen and oxygen atoms in total. The van der Waals surface area contributed by atoms with Crippen molar-refractivity contribution in [1.82, 2.24) is 4.90 Å². The van der Waals surface area contributed by atoms with E-state index >= 15 is 0 Å². The minimum absolute atomic E-state index is 0.00985. The quantitative estimate of drug-likeness (QED) is 0.770. The van der Waals surface area contributed by atoms with Crippen LogP contribution in [0.15, 0.2) is 29.4 Å². The number of anilines is 1. The first-order valence-corrected chi connectivity index (χ1v) is 9.76. The molecule has 0 radical (unpaired) electrons. The van der Waals surface area contributed by atoms with Crippen LogP contribution in [0.1, 0.15) is 43.0 Å². The maximum atomic E-state index is 12.6. The first-order chi connectivity index (χ1) is 14.0. The zero-order valence-electron chi connectivity index (χ0n) is 16.3. The summed E-state index contributed by atoms with van der Waals surface area (Å²) in [7, 11) is 0. The number of allylic oxidation sites excluding steroid dienone is 1. The Morgan fingerprint density at radius 3 is 2.55 bits per heavy atom. The van der Waals surface area contributed by atoms with E-state index in [2.05, 4.69) is 10.3 Å². The van der Waals surface area contributed by atoms with Gasteiger partial charge in [-0.1, -0.05) is 6.08 Å². The average Bonchev–Trinajstić information content (AvgIpc) is 3.39. The van der Waals surface area contributed by atoms with E-state index in [0.29, 0.717) is 54.4 Å². The molecule has 0 unspecified atom stereocenters. The number of carbonyl (C=O) groups excluding carboxylic acids is 3. The van der Waals surface area contributed by atoms with Crippen LogP contribution < -0.4 is 14.8 Å². The van der Waals surface area contributed by atoms with Gasteiger partial charge in [-0.05, 0) is 31.7 Å². The number of hydrogen-bond donors (Lipinski definition) is 1. The lowest BCUT2D eigenvalue weighted by Gasteiger charge is -2.31. The lowest BCUT2D eigenvalue weighted by Crippen LogP contribution is -2.42. The second-order valence-corrected chi connectivity index (χ2v) is 7.46. The summed E-state index contributed by atoms with van der Waals surface area (Å²) in [6, 6.07) is 3.24. The Kier molecular flexibility index (Phi) is 5.33. The summed E-state index contributed by atoms with van der Waals surface area (Å²) in [5.41, 5.74) is 1.42. The molecule has 3 aliphatic rings.